The van der Waals surface area contributed by atoms with Crippen LogP contribution in [0.5, 0.6) is 0 Å². The van der Waals surface area contributed by atoms with Crippen LogP contribution in [0.4, 0.5) is 4.39 Å². The highest BCUT2D eigenvalue weighted by Gasteiger charge is 2.23. The molecule has 1 saturated carbocycles. The van der Waals surface area contributed by atoms with Crippen LogP contribution in [-0.4, -0.2) is 28.6 Å². The molecule has 1 aromatic rings. The van der Waals surface area contributed by atoms with Gasteiger partial charge in [-0.25, -0.2) is 4.39 Å². The minimum atomic E-state index is -0.390. The van der Waals surface area contributed by atoms with Gasteiger partial charge in [0.2, 0.25) is 0 Å². The fraction of sp³-hybridized carbons (Fsp3) is 0.500. The summed E-state index contributed by atoms with van der Waals surface area (Å²) in [7, 11) is 0. The first-order valence-corrected chi connectivity index (χ1v) is 7.95. The third-order valence-corrected chi connectivity index (χ3v) is 4.85. The van der Waals surface area contributed by atoms with E-state index in [1.807, 2.05) is 11.8 Å². The van der Waals surface area contributed by atoms with Gasteiger partial charge < -0.3 is 16.3 Å². The molecular formula is C14H20FN3OS. The Morgan fingerprint density at radius 3 is 3.00 bits per heavy atom. The largest absolute Gasteiger partial charge is 0.409 e. The molecule has 1 aliphatic carbocycles. The first-order chi connectivity index (χ1) is 9.63. The van der Waals surface area contributed by atoms with E-state index in [-0.39, 0.29) is 5.84 Å². The molecule has 0 bridgehead atoms. The van der Waals surface area contributed by atoms with Crippen LogP contribution in [0.15, 0.2) is 23.4 Å². The number of halogens is 1. The Labute approximate surface area is 122 Å². The lowest BCUT2D eigenvalue weighted by Gasteiger charge is -2.15. The lowest BCUT2D eigenvalue weighted by molar-refractivity contribution is 0.318. The molecule has 20 heavy (non-hydrogen) atoms. The lowest BCUT2D eigenvalue weighted by Crippen LogP contribution is -2.28. The molecule has 0 amide bonds. The van der Waals surface area contributed by atoms with Crippen LogP contribution in [0, 0.1) is 5.82 Å². The highest BCUT2D eigenvalue weighted by molar-refractivity contribution is 7.99. The summed E-state index contributed by atoms with van der Waals surface area (Å²) in [6, 6.07) is 4.85. The molecule has 6 heteroatoms. The first kappa shape index (κ1) is 15.1. The van der Waals surface area contributed by atoms with Crippen molar-refractivity contribution in [1.29, 1.82) is 0 Å². The predicted octanol–water partition coefficient (Wildman–Crippen LogP) is 2.29. The van der Waals surface area contributed by atoms with Crippen molar-refractivity contribution in [2.45, 2.75) is 37.1 Å². The summed E-state index contributed by atoms with van der Waals surface area (Å²) in [6.07, 6.45) is 5.69. The second-order valence-electron chi connectivity index (χ2n) is 5.04. The number of nitrogens with one attached hydrogen (secondary N) is 1. The van der Waals surface area contributed by atoms with Crippen molar-refractivity contribution >= 4 is 17.6 Å². The SMILES string of the molecule is CSC1CCC(NCc2ccc(F)cc2/C(N)=N/O)C1. The average Bonchev–Trinajstić information content (AvgIpc) is 2.93. The van der Waals surface area contributed by atoms with Gasteiger partial charge in [0.1, 0.15) is 5.82 Å². The molecule has 2 unspecified atom stereocenters. The highest BCUT2D eigenvalue weighted by Crippen LogP contribution is 2.28. The number of amidine groups is 1. The van der Waals surface area contributed by atoms with E-state index in [2.05, 4.69) is 16.7 Å². The van der Waals surface area contributed by atoms with Gasteiger partial charge in [-0.3, -0.25) is 0 Å². The van der Waals surface area contributed by atoms with Gasteiger partial charge in [-0.1, -0.05) is 11.2 Å². The Balaban J connectivity index is 2.02. The van der Waals surface area contributed by atoms with Crippen LogP contribution in [-0.2, 0) is 6.54 Å². The van der Waals surface area contributed by atoms with Crippen molar-refractivity contribution in [3.05, 3.63) is 35.1 Å². The standard InChI is InChI=1S/C14H20FN3OS/c1-20-12-5-4-11(7-12)17-8-9-2-3-10(15)6-13(9)14(16)18-19/h2-3,6,11-12,17,19H,4-5,7-8H2,1H3,(H2,16,18). The molecule has 4 N–H and O–H groups in total. The van der Waals surface area contributed by atoms with Crippen LogP contribution in [0.1, 0.15) is 30.4 Å². The van der Waals surface area contributed by atoms with Gasteiger partial charge in [-0.05, 0) is 43.2 Å². The van der Waals surface area contributed by atoms with Crippen LogP contribution >= 0.6 is 11.8 Å². The maximum atomic E-state index is 13.3. The van der Waals surface area contributed by atoms with Crippen molar-refractivity contribution in [3.8, 4) is 0 Å². The molecular weight excluding hydrogens is 277 g/mol. The van der Waals surface area contributed by atoms with E-state index in [1.54, 1.807) is 6.07 Å². The van der Waals surface area contributed by atoms with E-state index in [0.29, 0.717) is 18.2 Å². The van der Waals surface area contributed by atoms with Crippen LogP contribution in [0.3, 0.4) is 0 Å². The molecule has 1 aliphatic rings. The van der Waals surface area contributed by atoms with Gasteiger partial charge in [-0.2, -0.15) is 11.8 Å². The maximum Gasteiger partial charge on any atom is 0.170 e. The Morgan fingerprint density at radius 1 is 1.55 bits per heavy atom. The van der Waals surface area contributed by atoms with Crippen LogP contribution in [0.25, 0.3) is 0 Å². The van der Waals surface area contributed by atoms with E-state index < -0.39 is 5.82 Å². The first-order valence-electron chi connectivity index (χ1n) is 6.66. The number of nitrogens with two attached hydrogens (primary N) is 1. The van der Waals surface area contributed by atoms with Gasteiger partial charge in [-0.15, -0.1) is 0 Å². The average molecular weight is 297 g/mol. The quantitative estimate of drug-likeness (QED) is 0.337. The molecule has 0 aromatic heterocycles. The Bertz CT molecular complexity index is 495. The summed E-state index contributed by atoms with van der Waals surface area (Å²) in [4.78, 5) is 0. The molecule has 110 valence electrons. The molecule has 0 aliphatic heterocycles. The van der Waals surface area contributed by atoms with E-state index in [9.17, 15) is 4.39 Å². The van der Waals surface area contributed by atoms with Gasteiger partial charge >= 0.3 is 0 Å². The van der Waals surface area contributed by atoms with E-state index in [0.717, 1.165) is 23.7 Å². The molecule has 0 radical (unpaired) electrons. The minimum Gasteiger partial charge on any atom is -0.409 e. The second kappa shape index (κ2) is 6.95. The summed E-state index contributed by atoms with van der Waals surface area (Å²) >= 11 is 1.91. The number of hydrogen-bond acceptors (Lipinski definition) is 4. The van der Waals surface area contributed by atoms with Gasteiger partial charge in [0.25, 0.3) is 0 Å². The smallest absolute Gasteiger partial charge is 0.170 e. The van der Waals surface area contributed by atoms with E-state index in [4.69, 9.17) is 10.9 Å². The van der Waals surface area contributed by atoms with Crippen molar-refractivity contribution < 1.29 is 9.60 Å². The number of benzene rings is 1. The van der Waals surface area contributed by atoms with E-state index in [1.165, 1.54) is 18.6 Å². The van der Waals surface area contributed by atoms with Crippen molar-refractivity contribution in [2.75, 3.05) is 6.26 Å². The number of hydrogen-bond donors (Lipinski definition) is 3. The summed E-state index contributed by atoms with van der Waals surface area (Å²) in [6.45, 7) is 0.595. The molecule has 2 rings (SSSR count). The van der Waals surface area contributed by atoms with Crippen molar-refractivity contribution in [3.63, 3.8) is 0 Å². The number of rotatable bonds is 5. The number of oxime groups is 1. The lowest BCUT2D eigenvalue weighted by atomic mass is 10.1. The van der Waals surface area contributed by atoms with Gasteiger partial charge in [0, 0.05) is 23.4 Å². The van der Waals surface area contributed by atoms with Crippen molar-refractivity contribution in [1.82, 2.24) is 5.32 Å². The monoisotopic (exact) mass is 297 g/mol. The van der Waals surface area contributed by atoms with Crippen molar-refractivity contribution in [2.24, 2.45) is 10.9 Å². The third kappa shape index (κ3) is 3.64. The van der Waals surface area contributed by atoms with Crippen LogP contribution < -0.4 is 11.1 Å². The summed E-state index contributed by atoms with van der Waals surface area (Å²) in [5, 5.41) is 15.9. The summed E-state index contributed by atoms with van der Waals surface area (Å²) in [5.74, 6) is -0.451. The Hall–Kier alpha value is -1.27. The molecule has 2 atom stereocenters. The van der Waals surface area contributed by atoms with Gasteiger partial charge in [0.15, 0.2) is 5.84 Å². The fourth-order valence-electron chi connectivity index (χ4n) is 2.59. The molecule has 0 spiro atoms. The van der Waals surface area contributed by atoms with Gasteiger partial charge in [0.05, 0.1) is 0 Å². The normalized spacial score (nSPS) is 23.2. The summed E-state index contributed by atoms with van der Waals surface area (Å²) < 4.78 is 13.3. The predicted molar refractivity (Wildman–Crippen MR) is 80.7 cm³/mol. The third-order valence-electron chi connectivity index (χ3n) is 3.75. The molecule has 1 aromatic carbocycles. The zero-order chi connectivity index (χ0) is 14.5. The van der Waals surface area contributed by atoms with Crippen LogP contribution in [0.2, 0.25) is 0 Å². The second-order valence-corrected chi connectivity index (χ2v) is 6.17. The fourth-order valence-corrected chi connectivity index (χ4v) is 3.39. The molecule has 4 nitrogen and oxygen atoms in total. The van der Waals surface area contributed by atoms with E-state index >= 15 is 0 Å². The zero-order valence-electron chi connectivity index (χ0n) is 11.5. The Morgan fingerprint density at radius 2 is 2.35 bits per heavy atom. The summed E-state index contributed by atoms with van der Waals surface area (Å²) in [5.41, 5.74) is 6.88. The molecule has 0 heterocycles. The number of thioether (sulfide) groups is 1. The minimum absolute atomic E-state index is 0.0605. The maximum absolute atomic E-state index is 13.3. The Kier molecular flexibility index (Phi) is 5.25. The molecule has 1 fully saturated rings. The zero-order valence-corrected chi connectivity index (χ0v) is 12.3. The molecule has 0 saturated heterocycles. The highest BCUT2D eigenvalue weighted by atomic mass is 32.2. The number of nitrogens with zero attached hydrogens (tertiary/aromatic N) is 1. The topological polar surface area (TPSA) is 70.6 Å².